The molecule has 1 saturated heterocycles. The van der Waals surface area contributed by atoms with Crippen LogP contribution in [0.2, 0.25) is 0 Å². The van der Waals surface area contributed by atoms with Crippen molar-refractivity contribution in [2.45, 2.75) is 38.8 Å². The number of halogens is 1. The van der Waals surface area contributed by atoms with Crippen molar-refractivity contribution in [1.82, 2.24) is 10.2 Å². The fraction of sp³-hybridized carbons (Fsp3) is 0.600. The Bertz CT molecular complexity index is 377. The summed E-state index contributed by atoms with van der Waals surface area (Å²) in [6.45, 7) is 9.20. The molecular formula is C15H23IN2. The zero-order valence-corrected chi connectivity index (χ0v) is 13.5. The van der Waals surface area contributed by atoms with Crippen LogP contribution in [0.1, 0.15) is 32.3 Å². The molecule has 18 heavy (non-hydrogen) atoms. The summed E-state index contributed by atoms with van der Waals surface area (Å²) in [5, 5.41) is 3.69. The van der Waals surface area contributed by atoms with Crippen molar-refractivity contribution >= 4 is 22.6 Å². The summed E-state index contributed by atoms with van der Waals surface area (Å²) in [6.07, 6.45) is 2.44. The molecule has 0 spiro atoms. The summed E-state index contributed by atoms with van der Waals surface area (Å²) < 4.78 is 1.31. The fourth-order valence-corrected chi connectivity index (χ4v) is 2.90. The second-order valence-corrected chi connectivity index (χ2v) is 6.78. The van der Waals surface area contributed by atoms with Gasteiger partial charge in [-0.05, 0) is 73.1 Å². The summed E-state index contributed by atoms with van der Waals surface area (Å²) in [4.78, 5) is 2.59. The molecule has 1 aliphatic rings. The van der Waals surface area contributed by atoms with Gasteiger partial charge in [-0.25, -0.2) is 0 Å². The van der Waals surface area contributed by atoms with Crippen LogP contribution >= 0.6 is 22.6 Å². The van der Waals surface area contributed by atoms with Gasteiger partial charge in [0.25, 0.3) is 0 Å². The van der Waals surface area contributed by atoms with Gasteiger partial charge in [-0.15, -0.1) is 0 Å². The van der Waals surface area contributed by atoms with Crippen LogP contribution < -0.4 is 5.32 Å². The molecular weight excluding hydrogens is 335 g/mol. The predicted molar refractivity (Wildman–Crippen MR) is 85.8 cm³/mol. The second kappa shape index (κ2) is 6.35. The van der Waals surface area contributed by atoms with E-state index >= 15 is 0 Å². The average molecular weight is 358 g/mol. The molecule has 0 bridgehead atoms. The van der Waals surface area contributed by atoms with Crippen molar-refractivity contribution in [3.63, 3.8) is 0 Å². The Morgan fingerprint density at radius 2 is 2.06 bits per heavy atom. The van der Waals surface area contributed by atoms with Gasteiger partial charge >= 0.3 is 0 Å². The first-order chi connectivity index (χ1) is 8.61. The Labute approximate surface area is 124 Å². The van der Waals surface area contributed by atoms with Crippen LogP contribution in [-0.4, -0.2) is 30.1 Å². The van der Waals surface area contributed by atoms with E-state index in [4.69, 9.17) is 0 Å². The second-order valence-electron chi connectivity index (χ2n) is 5.53. The third-order valence-corrected chi connectivity index (χ3v) is 4.59. The Morgan fingerprint density at radius 3 is 2.72 bits per heavy atom. The van der Waals surface area contributed by atoms with Gasteiger partial charge in [-0.1, -0.05) is 19.1 Å². The van der Waals surface area contributed by atoms with Gasteiger partial charge in [0.1, 0.15) is 0 Å². The van der Waals surface area contributed by atoms with E-state index < -0.39 is 0 Å². The van der Waals surface area contributed by atoms with Gasteiger partial charge in [0, 0.05) is 22.2 Å². The number of nitrogens with zero attached hydrogens (tertiary/aromatic N) is 1. The minimum Gasteiger partial charge on any atom is -0.310 e. The number of nitrogens with one attached hydrogen (secondary N) is 1. The molecule has 1 heterocycles. The zero-order chi connectivity index (χ0) is 13.0. The van der Waals surface area contributed by atoms with E-state index in [0.717, 1.165) is 19.6 Å². The van der Waals surface area contributed by atoms with Gasteiger partial charge in [0.15, 0.2) is 0 Å². The molecule has 1 fully saturated rings. The lowest BCUT2D eigenvalue weighted by molar-refractivity contribution is 0.208. The molecule has 0 saturated carbocycles. The highest BCUT2D eigenvalue weighted by Gasteiger charge is 2.26. The van der Waals surface area contributed by atoms with Gasteiger partial charge in [-0.3, -0.25) is 4.90 Å². The van der Waals surface area contributed by atoms with E-state index in [1.54, 1.807) is 0 Å². The van der Waals surface area contributed by atoms with Crippen molar-refractivity contribution < 1.29 is 0 Å². The quantitative estimate of drug-likeness (QED) is 0.835. The minimum atomic E-state index is 0.277. The third-order valence-electron chi connectivity index (χ3n) is 3.88. The van der Waals surface area contributed by atoms with Gasteiger partial charge in [0.2, 0.25) is 0 Å². The summed E-state index contributed by atoms with van der Waals surface area (Å²) >= 11 is 2.36. The lowest BCUT2D eigenvalue weighted by Gasteiger charge is -2.32. The Morgan fingerprint density at radius 1 is 1.33 bits per heavy atom. The average Bonchev–Trinajstić information content (AvgIpc) is 2.55. The highest BCUT2D eigenvalue weighted by molar-refractivity contribution is 14.1. The van der Waals surface area contributed by atoms with Crippen molar-refractivity contribution in [3.8, 4) is 0 Å². The molecule has 100 valence electrons. The van der Waals surface area contributed by atoms with Crippen LogP contribution in [0.4, 0.5) is 0 Å². The smallest absolute Gasteiger partial charge is 0.0277 e. The number of hydrogen-bond acceptors (Lipinski definition) is 2. The molecule has 1 N–H and O–H groups in total. The molecule has 0 radical (unpaired) electrons. The molecule has 2 nitrogen and oxygen atoms in total. The van der Waals surface area contributed by atoms with Crippen LogP contribution in [0.25, 0.3) is 0 Å². The van der Waals surface area contributed by atoms with Gasteiger partial charge in [0.05, 0.1) is 0 Å². The molecule has 1 aliphatic heterocycles. The van der Waals surface area contributed by atoms with Crippen LogP contribution in [0.5, 0.6) is 0 Å². The molecule has 3 heteroatoms. The van der Waals surface area contributed by atoms with E-state index in [1.165, 1.54) is 28.5 Å². The van der Waals surface area contributed by atoms with E-state index in [0.29, 0.717) is 0 Å². The van der Waals surface area contributed by atoms with E-state index in [-0.39, 0.29) is 5.54 Å². The largest absolute Gasteiger partial charge is 0.310 e. The topological polar surface area (TPSA) is 15.3 Å². The Hall–Kier alpha value is -0.130. The molecule has 0 aliphatic carbocycles. The zero-order valence-electron chi connectivity index (χ0n) is 11.4. The molecule has 1 unspecified atom stereocenters. The summed E-state index contributed by atoms with van der Waals surface area (Å²) in [6, 6.07) is 8.91. The molecule has 1 aromatic rings. The van der Waals surface area contributed by atoms with Crippen molar-refractivity contribution in [3.05, 3.63) is 33.4 Å². The lowest BCUT2D eigenvalue weighted by atomic mass is 9.98. The lowest BCUT2D eigenvalue weighted by Crippen LogP contribution is -2.48. The normalized spacial score (nSPS) is 25.9. The Balaban J connectivity index is 2.01. The predicted octanol–water partition coefficient (Wildman–Crippen LogP) is 3.26. The molecule has 2 rings (SSSR count). The fourth-order valence-electron chi connectivity index (χ4n) is 2.54. The maximum absolute atomic E-state index is 3.69. The van der Waals surface area contributed by atoms with Crippen LogP contribution in [0.3, 0.4) is 0 Å². The first-order valence-corrected chi connectivity index (χ1v) is 7.91. The van der Waals surface area contributed by atoms with Crippen molar-refractivity contribution in [1.29, 1.82) is 0 Å². The SMILES string of the molecule is CCC1(C)CN(Cc2ccc(I)cc2)CCCN1. The maximum Gasteiger partial charge on any atom is 0.0277 e. The van der Waals surface area contributed by atoms with Gasteiger partial charge < -0.3 is 5.32 Å². The standard InChI is InChI=1S/C15H23IN2/c1-3-15(2)12-18(10-4-9-17-15)11-13-5-7-14(16)8-6-13/h5-8,17H,3-4,9-12H2,1-2H3. The summed E-state index contributed by atoms with van der Waals surface area (Å²) in [5.74, 6) is 0. The summed E-state index contributed by atoms with van der Waals surface area (Å²) in [5.41, 5.74) is 1.70. The van der Waals surface area contributed by atoms with Crippen LogP contribution in [0.15, 0.2) is 24.3 Å². The van der Waals surface area contributed by atoms with Crippen molar-refractivity contribution in [2.24, 2.45) is 0 Å². The molecule has 1 aromatic carbocycles. The number of benzene rings is 1. The van der Waals surface area contributed by atoms with Crippen LogP contribution in [0, 0.1) is 3.57 Å². The summed E-state index contributed by atoms with van der Waals surface area (Å²) in [7, 11) is 0. The van der Waals surface area contributed by atoms with E-state index in [9.17, 15) is 0 Å². The number of rotatable bonds is 3. The van der Waals surface area contributed by atoms with E-state index in [2.05, 4.69) is 70.9 Å². The third kappa shape index (κ3) is 3.93. The molecule has 0 amide bonds. The highest BCUT2D eigenvalue weighted by Crippen LogP contribution is 2.17. The first kappa shape index (κ1) is 14.3. The molecule has 1 atom stereocenters. The van der Waals surface area contributed by atoms with Gasteiger partial charge in [-0.2, -0.15) is 0 Å². The van der Waals surface area contributed by atoms with Crippen molar-refractivity contribution in [2.75, 3.05) is 19.6 Å². The van der Waals surface area contributed by atoms with E-state index in [1.807, 2.05) is 0 Å². The monoisotopic (exact) mass is 358 g/mol. The minimum absolute atomic E-state index is 0.277. The first-order valence-electron chi connectivity index (χ1n) is 6.83. The molecule has 0 aromatic heterocycles. The number of hydrogen-bond donors (Lipinski definition) is 1. The van der Waals surface area contributed by atoms with Crippen LogP contribution in [-0.2, 0) is 6.54 Å². The highest BCUT2D eigenvalue weighted by atomic mass is 127. The Kier molecular flexibility index (Phi) is 5.04. The maximum atomic E-state index is 3.69.